The van der Waals surface area contributed by atoms with Crippen molar-refractivity contribution in [3.8, 4) is 11.8 Å². The summed E-state index contributed by atoms with van der Waals surface area (Å²) in [5.74, 6) is -0.829. The predicted octanol–water partition coefficient (Wildman–Crippen LogP) is 2.30. The highest BCUT2D eigenvalue weighted by Crippen LogP contribution is 2.32. The quantitative estimate of drug-likeness (QED) is 0.448. The van der Waals surface area contributed by atoms with Gasteiger partial charge in [0.1, 0.15) is 17.7 Å². The molecule has 0 radical (unpaired) electrons. The van der Waals surface area contributed by atoms with Crippen molar-refractivity contribution in [3.05, 3.63) is 53.8 Å². The Balaban J connectivity index is 1.46. The maximum atomic E-state index is 15.4. The molecule has 0 aromatic heterocycles. The summed E-state index contributed by atoms with van der Waals surface area (Å²) in [6, 6.07) is 13.3. The maximum absolute atomic E-state index is 15.4. The van der Waals surface area contributed by atoms with Gasteiger partial charge in [0, 0.05) is 19.0 Å². The van der Waals surface area contributed by atoms with E-state index in [-0.39, 0.29) is 36.5 Å². The van der Waals surface area contributed by atoms with Crippen LogP contribution < -0.4 is 30.7 Å². The van der Waals surface area contributed by atoms with Crippen molar-refractivity contribution in [2.24, 2.45) is 5.92 Å². The largest absolute Gasteiger partial charge is 0.497 e. The first-order chi connectivity index (χ1) is 18.3. The van der Waals surface area contributed by atoms with Crippen molar-refractivity contribution < 1.29 is 28.2 Å². The number of halogens is 1. The maximum Gasteiger partial charge on any atom is 0.414 e. The number of hydrazine groups is 1. The molecule has 11 nitrogen and oxygen atoms in total. The topological polar surface area (TPSA) is 136 Å². The Kier molecular flexibility index (Phi) is 8.28. The van der Waals surface area contributed by atoms with E-state index in [1.807, 2.05) is 0 Å². The van der Waals surface area contributed by atoms with Crippen LogP contribution >= 0.6 is 0 Å². The molecule has 0 bridgehead atoms. The van der Waals surface area contributed by atoms with Gasteiger partial charge in [0.2, 0.25) is 5.91 Å². The average molecular weight is 525 g/mol. The molecule has 3 atom stereocenters. The molecule has 2 heterocycles. The fraction of sp³-hybridized carbons (Fsp3) is 0.385. The fourth-order valence-electron chi connectivity index (χ4n) is 4.46. The highest BCUT2D eigenvalue weighted by atomic mass is 19.1. The second-order valence-electron chi connectivity index (χ2n) is 9.08. The highest BCUT2D eigenvalue weighted by molar-refractivity contribution is 5.94. The van der Waals surface area contributed by atoms with Crippen molar-refractivity contribution in [2.75, 3.05) is 36.5 Å². The zero-order valence-corrected chi connectivity index (χ0v) is 21.1. The van der Waals surface area contributed by atoms with Crippen molar-refractivity contribution in [3.63, 3.8) is 0 Å². The normalized spacial score (nSPS) is 20.9. The van der Waals surface area contributed by atoms with Crippen LogP contribution in [0.3, 0.4) is 0 Å². The molecule has 3 unspecified atom stereocenters. The lowest BCUT2D eigenvalue weighted by molar-refractivity contribution is -0.119. The van der Waals surface area contributed by atoms with E-state index in [0.29, 0.717) is 36.4 Å². The van der Waals surface area contributed by atoms with E-state index < -0.39 is 24.2 Å². The standard InChI is InChI=1S/C26H29FN6O5/c1-16(34)29-14-21-15-33(26(36)38-21)19-5-8-23(22(27)12-19)32-10-9-17(13-28)11-24(32)30-31-25(35)18-3-6-20(37-2)7-4-18/h3-8,12,17,21,24,30H,9-11,14-15H2,1-2H3,(H,29,34)(H,31,35). The lowest BCUT2D eigenvalue weighted by Gasteiger charge is -2.39. The summed E-state index contributed by atoms with van der Waals surface area (Å²) < 4.78 is 25.8. The second-order valence-corrected chi connectivity index (χ2v) is 9.08. The summed E-state index contributed by atoms with van der Waals surface area (Å²) in [5, 5.41) is 12.1. The van der Waals surface area contributed by atoms with Crippen LogP contribution in [-0.4, -0.2) is 56.9 Å². The molecule has 2 aromatic carbocycles. The van der Waals surface area contributed by atoms with Gasteiger partial charge >= 0.3 is 6.09 Å². The molecule has 2 saturated heterocycles. The van der Waals surface area contributed by atoms with Gasteiger partial charge in [-0.15, -0.1) is 0 Å². The summed E-state index contributed by atoms with van der Waals surface area (Å²) >= 11 is 0. The van der Waals surface area contributed by atoms with Gasteiger partial charge in [-0.25, -0.2) is 14.6 Å². The summed E-state index contributed by atoms with van der Waals surface area (Å²) in [7, 11) is 1.54. The van der Waals surface area contributed by atoms with Crippen molar-refractivity contribution in [2.45, 2.75) is 32.0 Å². The molecular weight excluding hydrogens is 495 g/mol. The first-order valence-electron chi connectivity index (χ1n) is 12.2. The van der Waals surface area contributed by atoms with E-state index in [0.717, 1.165) is 0 Å². The smallest absolute Gasteiger partial charge is 0.414 e. The lowest BCUT2D eigenvalue weighted by atomic mass is 9.95. The number of nitrogens with zero attached hydrogens (tertiary/aromatic N) is 3. The Labute approximate surface area is 219 Å². The lowest BCUT2D eigenvalue weighted by Crippen LogP contribution is -2.56. The molecular formula is C26H29FN6O5. The number of anilines is 2. The van der Waals surface area contributed by atoms with Crippen LogP contribution in [0.5, 0.6) is 5.75 Å². The molecule has 2 aromatic rings. The summed E-state index contributed by atoms with van der Waals surface area (Å²) in [5.41, 5.74) is 6.60. The van der Waals surface area contributed by atoms with Gasteiger partial charge in [-0.1, -0.05) is 0 Å². The Hall–Kier alpha value is -4.37. The Morgan fingerprint density at radius 2 is 2.00 bits per heavy atom. The molecule has 38 heavy (non-hydrogen) atoms. The minimum atomic E-state index is -0.622. The molecule has 0 aliphatic carbocycles. The molecule has 3 N–H and O–H groups in total. The third-order valence-corrected chi connectivity index (χ3v) is 6.49. The molecule has 0 spiro atoms. The number of cyclic esters (lactones) is 1. The van der Waals surface area contributed by atoms with Crippen LogP contribution in [0.25, 0.3) is 0 Å². The highest BCUT2D eigenvalue weighted by Gasteiger charge is 2.34. The van der Waals surface area contributed by atoms with Gasteiger partial charge in [0.15, 0.2) is 0 Å². The number of hydrogen-bond acceptors (Lipinski definition) is 8. The molecule has 2 fully saturated rings. The van der Waals surface area contributed by atoms with Crippen molar-refractivity contribution in [1.29, 1.82) is 5.26 Å². The summed E-state index contributed by atoms with van der Waals surface area (Å²) in [6.45, 7) is 2.10. The minimum absolute atomic E-state index is 0.168. The van der Waals surface area contributed by atoms with E-state index in [2.05, 4.69) is 22.2 Å². The number of rotatable bonds is 8. The van der Waals surface area contributed by atoms with E-state index in [1.165, 1.54) is 25.0 Å². The second kappa shape index (κ2) is 11.8. The van der Waals surface area contributed by atoms with Gasteiger partial charge in [0.05, 0.1) is 49.7 Å². The first-order valence-corrected chi connectivity index (χ1v) is 12.2. The zero-order chi connectivity index (χ0) is 27.2. The molecule has 4 rings (SSSR count). The molecule has 3 amide bonds. The van der Waals surface area contributed by atoms with Gasteiger partial charge < -0.3 is 19.7 Å². The Morgan fingerprint density at radius 1 is 1.24 bits per heavy atom. The SMILES string of the molecule is COc1ccc(C(=O)NNC2CC(C#N)CCN2c2ccc(N3CC(CNC(C)=O)OC3=O)cc2F)cc1. The number of hydrogen-bond donors (Lipinski definition) is 3. The van der Waals surface area contributed by atoms with Gasteiger partial charge in [0.25, 0.3) is 5.91 Å². The minimum Gasteiger partial charge on any atom is -0.497 e. The molecule has 2 aliphatic heterocycles. The number of carbonyl (C=O) groups is 3. The average Bonchev–Trinajstić information content (AvgIpc) is 3.30. The molecule has 12 heteroatoms. The van der Waals surface area contributed by atoms with Crippen LogP contribution in [0, 0.1) is 23.1 Å². The van der Waals surface area contributed by atoms with Crippen LogP contribution in [-0.2, 0) is 9.53 Å². The van der Waals surface area contributed by atoms with Crippen LogP contribution in [0.1, 0.15) is 30.1 Å². The number of benzene rings is 2. The Bertz CT molecular complexity index is 1230. The molecule has 200 valence electrons. The monoisotopic (exact) mass is 524 g/mol. The van der Waals surface area contributed by atoms with E-state index in [9.17, 15) is 19.6 Å². The number of carbonyl (C=O) groups excluding carboxylic acids is 3. The van der Waals surface area contributed by atoms with Gasteiger partial charge in [-0.05, 0) is 55.3 Å². The number of nitrogens with one attached hydrogen (secondary N) is 3. The number of amides is 3. The van der Waals surface area contributed by atoms with Crippen LogP contribution in [0.15, 0.2) is 42.5 Å². The Morgan fingerprint density at radius 3 is 2.66 bits per heavy atom. The third kappa shape index (κ3) is 6.12. The van der Waals surface area contributed by atoms with Crippen molar-refractivity contribution in [1.82, 2.24) is 16.2 Å². The van der Waals surface area contributed by atoms with Crippen LogP contribution in [0.4, 0.5) is 20.6 Å². The van der Waals surface area contributed by atoms with E-state index in [1.54, 1.807) is 41.3 Å². The third-order valence-electron chi connectivity index (χ3n) is 6.49. The van der Waals surface area contributed by atoms with Crippen LogP contribution in [0.2, 0.25) is 0 Å². The number of nitriles is 1. The molecule has 2 aliphatic rings. The summed E-state index contributed by atoms with van der Waals surface area (Å²) in [4.78, 5) is 39.2. The number of ether oxygens (including phenoxy) is 2. The van der Waals surface area contributed by atoms with E-state index >= 15 is 4.39 Å². The van der Waals surface area contributed by atoms with Gasteiger partial charge in [-0.2, -0.15) is 5.26 Å². The zero-order valence-electron chi connectivity index (χ0n) is 21.1. The predicted molar refractivity (Wildman–Crippen MR) is 136 cm³/mol. The number of piperidine rings is 1. The van der Waals surface area contributed by atoms with Gasteiger partial charge in [-0.3, -0.25) is 19.9 Å². The van der Waals surface area contributed by atoms with Crippen molar-refractivity contribution >= 4 is 29.3 Å². The number of methoxy groups -OCH3 is 1. The fourth-order valence-corrected chi connectivity index (χ4v) is 4.46. The first kappa shape index (κ1) is 26.7. The summed E-state index contributed by atoms with van der Waals surface area (Å²) in [6.07, 6.45) is -0.810. The molecule has 0 saturated carbocycles. The van der Waals surface area contributed by atoms with E-state index in [4.69, 9.17) is 9.47 Å².